The molecule has 0 amide bonds. The van der Waals surface area contributed by atoms with E-state index < -0.39 is 13.5 Å². The van der Waals surface area contributed by atoms with E-state index in [1.807, 2.05) is 42.7 Å². The zero-order valence-electron chi connectivity index (χ0n) is 32.0. The second-order valence-corrected chi connectivity index (χ2v) is 23.1. The summed E-state index contributed by atoms with van der Waals surface area (Å²) in [5, 5.41) is 0. The van der Waals surface area contributed by atoms with Crippen molar-refractivity contribution in [3.8, 4) is 5.75 Å². The van der Waals surface area contributed by atoms with Gasteiger partial charge in [-0.3, -0.25) is 0 Å². The minimum atomic E-state index is -1.77. The molecule has 268 valence electrons. The van der Waals surface area contributed by atoms with E-state index in [4.69, 9.17) is 24.1 Å². The Hall–Kier alpha value is -1.87. The number of benzene rings is 3. The molecule has 1 aliphatic rings. The van der Waals surface area contributed by atoms with Gasteiger partial charge in [-0.05, 0) is 87.7 Å². The second kappa shape index (κ2) is 16.0. The van der Waals surface area contributed by atoms with Crippen LogP contribution in [0.15, 0.2) is 60.7 Å². The van der Waals surface area contributed by atoms with Gasteiger partial charge in [-0.2, -0.15) is 6.67 Å². The van der Waals surface area contributed by atoms with Crippen LogP contribution in [0.1, 0.15) is 131 Å². The summed E-state index contributed by atoms with van der Waals surface area (Å²) in [4.78, 5) is 4.93. The van der Waals surface area contributed by atoms with E-state index in [0.717, 1.165) is 30.8 Å². The van der Waals surface area contributed by atoms with E-state index >= 15 is 0 Å². The van der Waals surface area contributed by atoms with Crippen molar-refractivity contribution < 1.29 is 18.3 Å². The molecule has 0 aliphatic carbocycles. The topological polar surface area (TPSA) is 15.7 Å². The monoisotopic (exact) mass is 781 g/mol. The molecule has 0 bridgehead atoms. The van der Waals surface area contributed by atoms with Gasteiger partial charge in [-0.1, -0.05) is 95.2 Å². The average Bonchev–Trinajstić information content (AvgIpc) is 2.96. The summed E-state index contributed by atoms with van der Waals surface area (Å²) in [7, 11) is 11.6. The molecule has 0 saturated carbocycles. The average molecular weight is 782 g/mol. The molecular weight excluding hydrogens is 720 g/mol. The third-order valence-corrected chi connectivity index (χ3v) is 10.3. The van der Waals surface area contributed by atoms with E-state index in [-0.39, 0.29) is 27.8 Å². The quantitative estimate of drug-likeness (QED) is 0.189. The van der Waals surface area contributed by atoms with E-state index in [1.165, 1.54) is 33.6 Å². The summed E-state index contributed by atoms with van der Waals surface area (Å²) in [6.45, 7) is 36.2. The van der Waals surface area contributed by atoms with E-state index in [9.17, 15) is 0 Å². The van der Waals surface area contributed by atoms with Gasteiger partial charge in [0.1, 0.15) is 0 Å². The van der Waals surface area contributed by atoms with Crippen LogP contribution in [0.2, 0.25) is 0 Å². The third-order valence-electron chi connectivity index (χ3n) is 8.51. The van der Waals surface area contributed by atoms with Gasteiger partial charge >= 0.3 is 97.8 Å². The molecule has 1 aliphatic heterocycles. The van der Waals surface area contributed by atoms with E-state index in [2.05, 4.69) is 136 Å². The van der Waals surface area contributed by atoms with Crippen LogP contribution in [0.5, 0.6) is 5.75 Å². The van der Waals surface area contributed by atoms with Crippen LogP contribution < -0.4 is 14.5 Å². The molecule has 0 aromatic heterocycles. The zero-order chi connectivity index (χ0) is 36.2. The predicted octanol–water partition coefficient (Wildman–Crippen LogP) is 12.3. The van der Waals surface area contributed by atoms with Crippen molar-refractivity contribution in [3.05, 3.63) is 95.1 Å². The van der Waals surface area contributed by atoms with Crippen molar-refractivity contribution in [2.75, 3.05) is 22.9 Å². The Balaban J connectivity index is 0.000000373. The Morgan fingerprint density at radius 2 is 1.02 bits per heavy atom. The van der Waals surface area contributed by atoms with Crippen molar-refractivity contribution in [2.24, 2.45) is 0 Å². The third kappa shape index (κ3) is 11.9. The van der Waals surface area contributed by atoms with Crippen molar-refractivity contribution in [3.63, 3.8) is 0 Å². The number of rotatable bonds is 5. The molecule has 4 rings (SSSR count). The Morgan fingerprint density at radius 1 is 0.646 bits per heavy atom. The predicted molar refractivity (Wildman–Crippen MR) is 210 cm³/mol. The van der Waals surface area contributed by atoms with Crippen LogP contribution in [0.4, 0.5) is 11.4 Å². The van der Waals surface area contributed by atoms with Crippen LogP contribution in [0, 0.1) is 6.67 Å². The summed E-state index contributed by atoms with van der Waals surface area (Å²) < 4.78 is 7.51. The Bertz CT molecular complexity index is 1400. The second-order valence-electron chi connectivity index (χ2n) is 17.4. The number of hydrogen-bond acceptors (Lipinski definition) is 3. The van der Waals surface area contributed by atoms with Gasteiger partial charge < -0.3 is 9.80 Å². The molecule has 0 radical (unpaired) electrons. The molecule has 0 unspecified atom stereocenters. The van der Waals surface area contributed by atoms with Gasteiger partial charge in [0.05, 0.1) is 0 Å². The number of hydrogen-bond donors (Lipinski definition) is 0. The molecule has 1 saturated heterocycles. The van der Waals surface area contributed by atoms with Crippen molar-refractivity contribution in [1.82, 2.24) is 0 Å². The fourth-order valence-electron chi connectivity index (χ4n) is 5.38. The summed E-state index contributed by atoms with van der Waals surface area (Å²) in [6, 6.07) is 22.2. The van der Waals surface area contributed by atoms with Gasteiger partial charge in [0.2, 0.25) is 0 Å². The maximum absolute atomic E-state index is 5.82. The van der Waals surface area contributed by atoms with Gasteiger partial charge in [-0.25, -0.2) is 0 Å². The Kier molecular flexibility index (Phi) is 13.5. The minimum absolute atomic E-state index is 0.119. The molecule has 48 heavy (non-hydrogen) atoms. The van der Waals surface area contributed by atoms with Crippen molar-refractivity contribution in [1.29, 1.82) is 0 Å². The van der Waals surface area contributed by atoms with E-state index in [0.29, 0.717) is 0 Å². The molecule has 3 aromatic carbocycles. The fourth-order valence-corrected chi connectivity index (χ4v) is 7.19. The van der Waals surface area contributed by atoms with Gasteiger partial charge in [0, 0.05) is 11.4 Å². The van der Waals surface area contributed by atoms with Crippen LogP contribution in [-0.2, 0) is 35.2 Å². The molecule has 6 heteroatoms. The summed E-state index contributed by atoms with van der Waals surface area (Å²) >= 11 is -1.77. The van der Waals surface area contributed by atoms with Crippen LogP contribution in [0.25, 0.3) is 0 Å². The van der Waals surface area contributed by atoms with Gasteiger partial charge in [0.15, 0.2) is 0 Å². The number of para-hydroxylation sites is 1. The Morgan fingerprint density at radius 3 is 1.35 bits per heavy atom. The first-order valence-corrected chi connectivity index (χ1v) is 22.7. The molecule has 0 atom stereocenters. The van der Waals surface area contributed by atoms with Crippen LogP contribution in [0.3, 0.4) is 0 Å². The molecule has 0 spiro atoms. The van der Waals surface area contributed by atoms with Crippen molar-refractivity contribution in [2.45, 2.75) is 131 Å². The van der Waals surface area contributed by atoms with Crippen molar-refractivity contribution >= 4 is 35.4 Å². The number of nitrogens with zero attached hydrogens (tertiary/aromatic N) is 2. The maximum atomic E-state index is 5.82. The van der Waals surface area contributed by atoms with E-state index in [1.54, 1.807) is 0 Å². The van der Waals surface area contributed by atoms with Gasteiger partial charge in [-0.15, -0.1) is 0 Å². The van der Waals surface area contributed by atoms with Crippen LogP contribution in [-0.4, -0.2) is 23.8 Å². The normalized spacial score (nSPS) is 14.8. The molecule has 1 fully saturated rings. The molecular formula is C42H61Cl2N2ORu-. The first-order chi connectivity index (χ1) is 21.9. The molecule has 3 nitrogen and oxygen atoms in total. The summed E-state index contributed by atoms with van der Waals surface area (Å²) in [5.74, 6) is 0.850. The molecule has 3 aromatic rings. The zero-order valence-corrected chi connectivity index (χ0v) is 35.3. The number of ether oxygens (including phenoxy) is 1. The first-order valence-electron chi connectivity index (χ1n) is 17.2. The number of halogens is 2. The van der Waals surface area contributed by atoms with Gasteiger partial charge in [0.25, 0.3) is 0 Å². The SMILES string of the molecule is CC(C)(C)c1cc(N2[CH-]N(c3cc(C(C)(C)C)cc(C(C)(C)C)c3)CCC2)cc(C(C)(C)C)c1.CC(C)Oc1ccccc1[CH]=[Ru]([Cl])[Cl]. The Labute approximate surface area is 306 Å². The summed E-state index contributed by atoms with van der Waals surface area (Å²) in [6.07, 6.45) is 1.31. The van der Waals surface area contributed by atoms with Crippen LogP contribution >= 0.6 is 19.4 Å². The number of anilines is 2. The fraction of sp³-hybridized carbons (Fsp3) is 0.524. The molecule has 1 heterocycles. The summed E-state index contributed by atoms with van der Waals surface area (Å²) in [5.41, 5.74) is 9.72. The first kappa shape index (κ1) is 40.6. The molecule has 0 N–H and O–H groups in total. The standard InChI is InChI=1S/C32H49N2.C10H12O.2ClH.Ru/c1-29(2,3)23-16-24(30(4,5)6)19-27(18-23)33-14-13-15-34(22-33)28-20-25(31(7,8)9)17-26(21-28)32(10,11)12;1-8(2)11-10-7-5-4-6-9(10)3;;;/h16-22H,13-15H2,1-12H3;3-8H,1-2H3;2*1H;/q-1;;;;+2/p-2.